The predicted octanol–water partition coefficient (Wildman–Crippen LogP) is 3.49. The zero-order chi connectivity index (χ0) is 19.3. The van der Waals surface area contributed by atoms with Gasteiger partial charge in [0.2, 0.25) is 0 Å². The van der Waals surface area contributed by atoms with Crippen LogP contribution < -0.4 is 10.6 Å². The fraction of sp³-hybridized carbons (Fsp3) is 0.429. The van der Waals surface area contributed by atoms with Gasteiger partial charge in [-0.1, -0.05) is 0 Å². The maximum absolute atomic E-state index is 12.5. The van der Waals surface area contributed by atoms with Gasteiger partial charge in [-0.25, -0.2) is 4.79 Å². The molecule has 0 atom stereocenters. The van der Waals surface area contributed by atoms with Gasteiger partial charge in [-0.15, -0.1) is 11.3 Å². The number of ether oxygens (including phenoxy) is 1. The van der Waals surface area contributed by atoms with Crippen LogP contribution in [-0.4, -0.2) is 43.1 Å². The molecular weight excluding hydrogens is 374 g/mol. The molecule has 2 aliphatic heterocycles. The van der Waals surface area contributed by atoms with Crippen LogP contribution in [0.15, 0.2) is 35.7 Å². The Morgan fingerprint density at radius 1 is 1.14 bits per heavy atom. The van der Waals surface area contributed by atoms with E-state index in [1.54, 1.807) is 35.6 Å². The number of nitrogens with zero attached hydrogens (tertiary/aromatic N) is 1. The molecule has 0 bridgehead atoms. The molecule has 28 heavy (non-hydrogen) atoms. The number of thiophene rings is 1. The molecule has 0 aliphatic carbocycles. The lowest BCUT2D eigenvalue weighted by molar-refractivity contribution is 0.0642. The first-order valence-corrected chi connectivity index (χ1v) is 10.6. The van der Waals surface area contributed by atoms with Crippen molar-refractivity contribution >= 4 is 29.0 Å². The summed E-state index contributed by atoms with van der Waals surface area (Å²) in [4.78, 5) is 28.0. The van der Waals surface area contributed by atoms with Crippen LogP contribution >= 0.6 is 11.3 Å². The van der Waals surface area contributed by atoms with E-state index in [0.29, 0.717) is 30.3 Å². The Bertz CT molecular complexity index is 828. The lowest BCUT2D eigenvalue weighted by Crippen LogP contribution is -2.38. The molecule has 1 aromatic carbocycles. The Morgan fingerprint density at radius 2 is 1.93 bits per heavy atom. The summed E-state index contributed by atoms with van der Waals surface area (Å²) < 4.78 is 5.34. The lowest BCUT2D eigenvalue weighted by atomic mass is 10.0. The fourth-order valence-electron chi connectivity index (χ4n) is 3.62. The maximum atomic E-state index is 12.5. The van der Waals surface area contributed by atoms with Crippen molar-refractivity contribution in [2.75, 3.05) is 31.6 Å². The number of rotatable bonds is 4. The largest absolute Gasteiger partial charge is 0.381 e. The molecule has 148 valence electrons. The normalized spacial score (nSPS) is 17.1. The van der Waals surface area contributed by atoms with Crippen LogP contribution in [0.3, 0.4) is 0 Å². The van der Waals surface area contributed by atoms with E-state index < -0.39 is 0 Å². The fourth-order valence-corrected chi connectivity index (χ4v) is 4.51. The summed E-state index contributed by atoms with van der Waals surface area (Å²) in [5, 5.41) is 8.01. The van der Waals surface area contributed by atoms with Crippen molar-refractivity contribution in [2.45, 2.75) is 25.8 Å². The van der Waals surface area contributed by atoms with Gasteiger partial charge in [-0.2, -0.15) is 0 Å². The predicted molar refractivity (Wildman–Crippen MR) is 110 cm³/mol. The standard InChI is InChI=1S/C21H25N3O3S/c25-20(22-13-15-6-10-27-11-7-15)16-1-3-18(4-2-16)23-21(26)24-9-5-19-17(14-24)8-12-28-19/h1-4,8,12,15H,5-7,9-11,13-14H2,(H,22,25)(H,23,26). The number of nitrogens with one attached hydrogen (secondary N) is 2. The third kappa shape index (κ3) is 4.54. The van der Waals surface area contributed by atoms with Crippen molar-refractivity contribution in [1.29, 1.82) is 0 Å². The molecule has 1 fully saturated rings. The third-order valence-corrected chi connectivity index (χ3v) is 6.41. The molecule has 2 N–H and O–H groups in total. The van der Waals surface area contributed by atoms with Gasteiger partial charge in [-0.3, -0.25) is 4.79 Å². The van der Waals surface area contributed by atoms with E-state index in [1.165, 1.54) is 10.4 Å². The van der Waals surface area contributed by atoms with Gasteiger partial charge in [0.1, 0.15) is 0 Å². The Kier molecular flexibility index (Phi) is 5.92. The summed E-state index contributed by atoms with van der Waals surface area (Å²) in [7, 11) is 0. The van der Waals surface area contributed by atoms with Crippen LogP contribution in [0.1, 0.15) is 33.6 Å². The van der Waals surface area contributed by atoms with Crippen LogP contribution in [0.2, 0.25) is 0 Å². The minimum atomic E-state index is -0.103. The topological polar surface area (TPSA) is 70.7 Å². The summed E-state index contributed by atoms with van der Waals surface area (Å²) in [6.45, 7) is 3.61. The Hall–Kier alpha value is -2.38. The maximum Gasteiger partial charge on any atom is 0.322 e. The molecule has 3 amide bonds. The minimum Gasteiger partial charge on any atom is -0.381 e. The molecule has 6 nitrogen and oxygen atoms in total. The van der Waals surface area contributed by atoms with E-state index in [9.17, 15) is 9.59 Å². The second-order valence-electron chi connectivity index (χ2n) is 7.31. The highest BCUT2D eigenvalue weighted by Gasteiger charge is 2.21. The second kappa shape index (κ2) is 8.75. The van der Waals surface area contributed by atoms with Crippen molar-refractivity contribution < 1.29 is 14.3 Å². The Labute approximate surface area is 168 Å². The Balaban J connectivity index is 1.28. The molecule has 0 saturated carbocycles. The van der Waals surface area contributed by atoms with Crippen molar-refractivity contribution in [3.05, 3.63) is 51.7 Å². The average molecular weight is 400 g/mol. The third-order valence-electron chi connectivity index (χ3n) is 5.39. The van der Waals surface area contributed by atoms with E-state index in [4.69, 9.17) is 4.74 Å². The molecule has 1 aromatic heterocycles. The molecule has 0 radical (unpaired) electrons. The van der Waals surface area contributed by atoms with Crippen LogP contribution in [0.4, 0.5) is 10.5 Å². The Morgan fingerprint density at radius 3 is 2.71 bits per heavy atom. The van der Waals surface area contributed by atoms with E-state index in [1.807, 2.05) is 4.90 Å². The number of anilines is 1. The van der Waals surface area contributed by atoms with Crippen molar-refractivity contribution in [3.63, 3.8) is 0 Å². The average Bonchev–Trinajstić information content (AvgIpc) is 3.21. The summed E-state index contributed by atoms with van der Waals surface area (Å²) >= 11 is 1.76. The highest BCUT2D eigenvalue weighted by atomic mass is 32.1. The van der Waals surface area contributed by atoms with Crippen LogP contribution in [0.5, 0.6) is 0 Å². The quantitative estimate of drug-likeness (QED) is 0.827. The molecule has 1 saturated heterocycles. The van der Waals surface area contributed by atoms with Crippen LogP contribution in [0, 0.1) is 5.92 Å². The van der Waals surface area contributed by atoms with E-state index in [2.05, 4.69) is 22.1 Å². The molecule has 0 spiro atoms. The summed E-state index contributed by atoms with van der Waals surface area (Å²) in [5.74, 6) is 0.412. The van der Waals surface area contributed by atoms with Crippen LogP contribution in [-0.2, 0) is 17.7 Å². The van der Waals surface area contributed by atoms with Crippen molar-refractivity contribution in [3.8, 4) is 0 Å². The first-order chi connectivity index (χ1) is 13.7. The zero-order valence-electron chi connectivity index (χ0n) is 15.8. The van der Waals surface area contributed by atoms with Crippen molar-refractivity contribution in [2.24, 2.45) is 5.92 Å². The van der Waals surface area contributed by atoms with Crippen molar-refractivity contribution in [1.82, 2.24) is 10.2 Å². The summed E-state index contributed by atoms with van der Waals surface area (Å²) in [5.41, 5.74) is 2.54. The number of fused-ring (bicyclic) bond motifs is 1. The zero-order valence-corrected chi connectivity index (χ0v) is 16.6. The van der Waals surface area contributed by atoms with Gasteiger partial charge in [-0.05, 0) is 66.5 Å². The molecule has 4 rings (SSSR count). The van der Waals surface area contributed by atoms with Gasteiger partial charge in [0, 0.05) is 49.0 Å². The van der Waals surface area contributed by atoms with Crippen LogP contribution in [0.25, 0.3) is 0 Å². The van der Waals surface area contributed by atoms with E-state index in [-0.39, 0.29) is 11.9 Å². The molecule has 3 heterocycles. The first-order valence-electron chi connectivity index (χ1n) is 9.76. The van der Waals surface area contributed by atoms with Gasteiger partial charge in [0.25, 0.3) is 5.91 Å². The number of urea groups is 1. The number of amides is 3. The second-order valence-corrected chi connectivity index (χ2v) is 8.31. The highest BCUT2D eigenvalue weighted by Crippen LogP contribution is 2.24. The SMILES string of the molecule is O=C(NCC1CCOCC1)c1ccc(NC(=O)N2CCc3sccc3C2)cc1. The minimum absolute atomic E-state index is 0.0783. The molecule has 7 heteroatoms. The monoisotopic (exact) mass is 399 g/mol. The van der Waals surface area contributed by atoms with Gasteiger partial charge in [0.15, 0.2) is 0 Å². The molecule has 0 unspecified atom stereocenters. The first kappa shape index (κ1) is 19.0. The van der Waals surface area contributed by atoms with Gasteiger partial charge >= 0.3 is 6.03 Å². The molecule has 2 aromatic rings. The van der Waals surface area contributed by atoms with Gasteiger partial charge < -0.3 is 20.3 Å². The molecule has 2 aliphatic rings. The molecular formula is C21H25N3O3S. The summed E-state index contributed by atoms with van der Waals surface area (Å²) in [6.07, 6.45) is 2.90. The number of carbonyl (C=O) groups excluding carboxylic acids is 2. The number of benzene rings is 1. The smallest absolute Gasteiger partial charge is 0.322 e. The van der Waals surface area contributed by atoms with E-state index in [0.717, 1.165) is 39.0 Å². The van der Waals surface area contributed by atoms with E-state index >= 15 is 0 Å². The number of hydrogen-bond donors (Lipinski definition) is 2. The van der Waals surface area contributed by atoms with Gasteiger partial charge in [0.05, 0.1) is 0 Å². The highest BCUT2D eigenvalue weighted by molar-refractivity contribution is 7.10. The number of hydrogen-bond acceptors (Lipinski definition) is 4. The summed E-state index contributed by atoms with van der Waals surface area (Å²) in [6, 6.07) is 9.05. The lowest BCUT2D eigenvalue weighted by Gasteiger charge is -2.27. The number of carbonyl (C=O) groups is 2.